The van der Waals surface area contributed by atoms with Crippen molar-refractivity contribution in [3.63, 3.8) is 0 Å². The zero-order valence-corrected chi connectivity index (χ0v) is 8.65. The minimum absolute atomic E-state index is 0.338. The maximum absolute atomic E-state index is 9.80. The second-order valence-corrected chi connectivity index (χ2v) is 4.63. The molecule has 0 radical (unpaired) electrons. The Morgan fingerprint density at radius 2 is 2.23 bits per heavy atom. The fourth-order valence-electron chi connectivity index (χ4n) is 1.21. The van der Waals surface area contributed by atoms with Gasteiger partial charge in [-0.2, -0.15) is 11.3 Å². The normalized spacial score (nSPS) is 13.0. The first-order valence-electron chi connectivity index (χ1n) is 4.09. The molecule has 2 heterocycles. The van der Waals surface area contributed by atoms with Gasteiger partial charge in [0.2, 0.25) is 0 Å². The van der Waals surface area contributed by atoms with Crippen LogP contribution in [0.15, 0.2) is 34.3 Å². The van der Waals surface area contributed by atoms with Crippen molar-refractivity contribution in [1.29, 1.82) is 0 Å². The van der Waals surface area contributed by atoms with E-state index in [1.54, 1.807) is 22.7 Å². The van der Waals surface area contributed by atoms with Crippen LogP contribution in [0.3, 0.4) is 0 Å². The SMILES string of the molecule is OC(Cc1ccsc1)c1cccs1. The van der Waals surface area contributed by atoms with E-state index in [-0.39, 0.29) is 6.10 Å². The second kappa shape index (κ2) is 4.05. The van der Waals surface area contributed by atoms with Crippen molar-refractivity contribution < 1.29 is 5.11 Å². The van der Waals surface area contributed by atoms with Crippen LogP contribution in [0.25, 0.3) is 0 Å². The van der Waals surface area contributed by atoms with Gasteiger partial charge in [-0.05, 0) is 33.8 Å². The summed E-state index contributed by atoms with van der Waals surface area (Å²) in [5, 5.41) is 15.9. The molecule has 68 valence electrons. The highest BCUT2D eigenvalue weighted by atomic mass is 32.1. The van der Waals surface area contributed by atoms with Crippen LogP contribution in [0.1, 0.15) is 16.5 Å². The van der Waals surface area contributed by atoms with Gasteiger partial charge < -0.3 is 5.11 Å². The van der Waals surface area contributed by atoms with E-state index in [0.717, 1.165) is 11.3 Å². The molecule has 0 aliphatic rings. The highest BCUT2D eigenvalue weighted by molar-refractivity contribution is 7.10. The molecule has 0 amide bonds. The lowest BCUT2D eigenvalue weighted by atomic mass is 10.1. The summed E-state index contributed by atoms with van der Waals surface area (Å²) in [5.41, 5.74) is 1.21. The average molecular weight is 210 g/mol. The van der Waals surface area contributed by atoms with Crippen LogP contribution in [0.2, 0.25) is 0 Å². The third-order valence-corrected chi connectivity index (χ3v) is 3.59. The van der Waals surface area contributed by atoms with Crippen molar-refractivity contribution in [2.75, 3.05) is 0 Å². The summed E-state index contributed by atoms with van der Waals surface area (Å²) in [7, 11) is 0. The Balaban J connectivity index is 2.04. The Morgan fingerprint density at radius 1 is 1.31 bits per heavy atom. The highest BCUT2D eigenvalue weighted by Gasteiger charge is 2.08. The molecule has 13 heavy (non-hydrogen) atoms. The summed E-state index contributed by atoms with van der Waals surface area (Å²) < 4.78 is 0. The molecular formula is C10H10OS2. The van der Waals surface area contributed by atoms with Crippen LogP contribution < -0.4 is 0 Å². The van der Waals surface area contributed by atoms with Gasteiger partial charge in [0.05, 0.1) is 6.10 Å². The lowest BCUT2D eigenvalue weighted by Gasteiger charge is -2.05. The molecule has 0 fully saturated rings. The van der Waals surface area contributed by atoms with Crippen LogP contribution >= 0.6 is 22.7 Å². The molecule has 0 spiro atoms. The quantitative estimate of drug-likeness (QED) is 0.825. The Kier molecular flexibility index (Phi) is 2.78. The van der Waals surface area contributed by atoms with Crippen LogP contribution in [0, 0.1) is 0 Å². The van der Waals surface area contributed by atoms with E-state index in [1.807, 2.05) is 22.9 Å². The molecular weight excluding hydrogens is 200 g/mol. The number of hydrogen-bond donors (Lipinski definition) is 1. The predicted octanol–water partition coefficient (Wildman–Crippen LogP) is 3.09. The molecule has 0 saturated heterocycles. The molecule has 1 unspecified atom stereocenters. The first-order chi connectivity index (χ1) is 6.36. The average Bonchev–Trinajstić information content (AvgIpc) is 2.74. The maximum atomic E-state index is 9.80. The minimum atomic E-state index is -0.338. The zero-order chi connectivity index (χ0) is 9.10. The van der Waals surface area contributed by atoms with E-state index < -0.39 is 0 Å². The molecule has 2 rings (SSSR count). The first kappa shape index (κ1) is 8.94. The van der Waals surface area contributed by atoms with Gasteiger partial charge in [-0.25, -0.2) is 0 Å². The van der Waals surface area contributed by atoms with E-state index in [9.17, 15) is 5.11 Å². The van der Waals surface area contributed by atoms with Crippen molar-refractivity contribution in [3.8, 4) is 0 Å². The largest absolute Gasteiger partial charge is 0.387 e. The van der Waals surface area contributed by atoms with Gasteiger partial charge in [0, 0.05) is 11.3 Å². The zero-order valence-electron chi connectivity index (χ0n) is 7.01. The van der Waals surface area contributed by atoms with Crippen molar-refractivity contribution in [3.05, 3.63) is 44.8 Å². The Labute approximate surface area is 85.3 Å². The van der Waals surface area contributed by atoms with E-state index in [0.29, 0.717) is 0 Å². The third-order valence-electron chi connectivity index (χ3n) is 1.88. The van der Waals surface area contributed by atoms with Crippen molar-refractivity contribution in [2.45, 2.75) is 12.5 Å². The molecule has 0 aromatic carbocycles. The smallest absolute Gasteiger partial charge is 0.0922 e. The molecule has 2 aromatic heterocycles. The second-order valence-electron chi connectivity index (χ2n) is 2.87. The van der Waals surface area contributed by atoms with Crippen LogP contribution in [0.5, 0.6) is 0 Å². The summed E-state index contributed by atoms with van der Waals surface area (Å²) in [6, 6.07) is 6.00. The van der Waals surface area contributed by atoms with Crippen LogP contribution in [0.4, 0.5) is 0 Å². The van der Waals surface area contributed by atoms with Gasteiger partial charge in [0.1, 0.15) is 0 Å². The molecule has 0 bridgehead atoms. The van der Waals surface area contributed by atoms with E-state index >= 15 is 0 Å². The number of aliphatic hydroxyl groups is 1. The topological polar surface area (TPSA) is 20.2 Å². The van der Waals surface area contributed by atoms with Gasteiger partial charge >= 0.3 is 0 Å². The van der Waals surface area contributed by atoms with Crippen molar-refractivity contribution in [2.24, 2.45) is 0 Å². The summed E-state index contributed by atoms with van der Waals surface area (Å²) in [5.74, 6) is 0. The van der Waals surface area contributed by atoms with E-state index in [4.69, 9.17) is 0 Å². The minimum Gasteiger partial charge on any atom is -0.387 e. The molecule has 1 N–H and O–H groups in total. The van der Waals surface area contributed by atoms with Gasteiger partial charge in [-0.15, -0.1) is 11.3 Å². The highest BCUT2D eigenvalue weighted by Crippen LogP contribution is 2.23. The summed E-state index contributed by atoms with van der Waals surface area (Å²) in [6.45, 7) is 0. The third kappa shape index (κ3) is 2.18. The summed E-state index contributed by atoms with van der Waals surface area (Å²) in [6.07, 6.45) is 0.388. The van der Waals surface area contributed by atoms with Crippen molar-refractivity contribution >= 4 is 22.7 Å². The van der Waals surface area contributed by atoms with Crippen LogP contribution in [-0.4, -0.2) is 5.11 Å². The van der Waals surface area contributed by atoms with Crippen molar-refractivity contribution in [1.82, 2.24) is 0 Å². The Hall–Kier alpha value is -0.640. The standard InChI is InChI=1S/C10H10OS2/c11-9(10-2-1-4-13-10)6-8-3-5-12-7-8/h1-5,7,9,11H,6H2. The molecule has 1 atom stereocenters. The molecule has 1 nitrogen and oxygen atoms in total. The summed E-state index contributed by atoms with van der Waals surface area (Å²) >= 11 is 3.28. The number of rotatable bonds is 3. The monoisotopic (exact) mass is 210 g/mol. The number of hydrogen-bond acceptors (Lipinski definition) is 3. The fraction of sp³-hybridized carbons (Fsp3) is 0.200. The number of aliphatic hydroxyl groups excluding tert-OH is 1. The van der Waals surface area contributed by atoms with Gasteiger partial charge in [-0.1, -0.05) is 6.07 Å². The van der Waals surface area contributed by atoms with E-state index in [2.05, 4.69) is 11.4 Å². The summed E-state index contributed by atoms with van der Waals surface area (Å²) in [4.78, 5) is 1.05. The van der Waals surface area contributed by atoms with E-state index in [1.165, 1.54) is 5.56 Å². The Bertz CT molecular complexity index is 337. The predicted molar refractivity (Wildman–Crippen MR) is 57.3 cm³/mol. The molecule has 2 aromatic rings. The lowest BCUT2D eigenvalue weighted by molar-refractivity contribution is 0.182. The maximum Gasteiger partial charge on any atom is 0.0922 e. The van der Waals surface area contributed by atoms with Gasteiger partial charge in [0.25, 0.3) is 0 Å². The first-order valence-corrected chi connectivity index (χ1v) is 5.91. The van der Waals surface area contributed by atoms with Gasteiger partial charge in [0.15, 0.2) is 0 Å². The Morgan fingerprint density at radius 3 is 2.85 bits per heavy atom. The molecule has 0 saturated carbocycles. The van der Waals surface area contributed by atoms with Gasteiger partial charge in [-0.3, -0.25) is 0 Å². The van der Waals surface area contributed by atoms with Crippen LogP contribution in [-0.2, 0) is 6.42 Å². The lowest BCUT2D eigenvalue weighted by Crippen LogP contribution is -1.97. The fourth-order valence-corrected chi connectivity index (χ4v) is 2.61. The number of thiophene rings is 2. The molecule has 3 heteroatoms. The molecule has 0 aliphatic heterocycles. The molecule has 0 aliphatic carbocycles.